The van der Waals surface area contributed by atoms with E-state index in [0.717, 1.165) is 11.3 Å². The highest BCUT2D eigenvalue weighted by molar-refractivity contribution is 7.89. The maximum Gasteiger partial charge on any atom is 0.319 e. The van der Waals surface area contributed by atoms with Crippen molar-refractivity contribution in [2.45, 2.75) is 46.1 Å². The van der Waals surface area contributed by atoms with Gasteiger partial charge in [0.2, 0.25) is 10.0 Å². The minimum Gasteiger partial charge on any atom is -0.337 e. The Kier molecular flexibility index (Phi) is 6.58. The molecule has 2 amide bonds. The summed E-state index contributed by atoms with van der Waals surface area (Å²) >= 11 is 0. The van der Waals surface area contributed by atoms with Crippen LogP contribution in [0.3, 0.4) is 0 Å². The van der Waals surface area contributed by atoms with Gasteiger partial charge < -0.3 is 10.6 Å². The third-order valence-corrected chi connectivity index (χ3v) is 4.63. The van der Waals surface area contributed by atoms with Gasteiger partial charge in [-0.1, -0.05) is 39.0 Å². The molecule has 130 valence electrons. The zero-order valence-corrected chi connectivity index (χ0v) is 15.3. The summed E-state index contributed by atoms with van der Waals surface area (Å²) in [5.74, 6) is -0.153. The van der Waals surface area contributed by atoms with E-state index in [1.807, 2.05) is 24.3 Å². The number of amides is 2. The summed E-state index contributed by atoms with van der Waals surface area (Å²) in [5, 5.41) is 5.35. The molecule has 0 heterocycles. The van der Waals surface area contributed by atoms with Crippen molar-refractivity contribution in [3.63, 3.8) is 0 Å². The molecule has 0 aromatic heterocycles. The topological polar surface area (TPSA) is 87.3 Å². The molecule has 1 aromatic carbocycles. The summed E-state index contributed by atoms with van der Waals surface area (Å²) in [5.41, 5.74) is 1.64. The van der Waals surface area contributed by atoms with Crippen LogP contribution in [0.25, 0.3) is 0 Å². The zero-order chi connectivity index (χ0) is 17.7. The molecule has 23 heavy (non-hydrogen) atoms. The van der Waals surface area contributed by atoms with Gasteiger partial charge >= 0.3 is 6.03 Å². The van der Waals surface area contributed by atoms with Crippen molar-refractivity contribution in [3.8, 4) is 0 Å². The van der Waals surface area contributed by atoms with Crippen LogP contribution in [0.15, 0.2) is 24.3 Å². The Balaban J connectivity index is 2.59. The number of hydrogen-bond acceptors (Lipinski definition) is 3. The number of para-hydroxylation sites is 1. The van der Waals surface area contributed by atoms with E-state index in [9.17, 15) is 13.2 Å². The Morgan fingerprint density at radius 2 is 1.78 bits per heavy atom. The van der Waals surface area contributed by atoms with E-state index in [-0.39, 0.29) is 23.8 Å². The van der Waals surface area contributed by atoms with Crippen molar-refractivity contribution in [2.75, 3.05) is 17.6 Å². The fraction of sp³-hybridized carbons (Fsp3) is 0.562. The van der Waals surface area contributed by atoms with Crippen LogP contribution in [-0.2, 0) is 15.4 Å². The lowest BCUT2D eigenvalue weighted by molar-refractivity contribution is 0.252. The lowest BCUT2D eigenvalue weighted by atomic mass is 9.86. The minimum atomic E-state index is -3.37. The highest BCUT2D eigenvalue weighted by Crippen LogP contribution is 2.29. The maximum absolute atomic E-state index is 12.0. The molecule has 3 N–H and O–H groups in total. The highest BCUT2D eigenvalue weighted by Gasteiger charge is 2.18. The average molecular weight is 341 g/mol. The Morgan fingerprint density at radius 3 is 2.35 bits per heavy atom. The van der Waals surface area contributed by atoms with E-state index in [4.69, 9.17) is 0 Å². The van der Waals surface area contributed by atoms with Gasteiger partial charge in [-0.3, -0.25) is 0 Å². The molecule has 0 atom stereocenters. The van der Waals surface area contributed by atoms with Crippen LogP contribution in [-0.4, -0.2) is 32.8 Å². The van der Waals surface area contributed by atoms with Crippen LogP contribution < -0.4 is 15.4 Å². The van der Waals surface area contributed by atoms with E-state index in [1.54, 1.807) is 13.8 Å². The van der Waals surface area contributed by atoms with Crippen LogP contribution >= 0.6 is 0 Å². The van der Waals surface area contributed by atoms with Gasteiger partial charge in [-0.25, -0.2) is 17.9 Å². The Morgan fingerprint density at radius 1 is 1.17 bits per heavy atom. The van der Waals surface area contributed by atoms with Crippen molar-refractivity contribution in [3.05, 3.63) is 29.8 Å². The Labute approximate surface area is 139 Å². The van der Waals surface area contributed by atoms with Crippen molar-refractivity contribution in [1.82, 2.24) is 10.0 Å². The van der Waals surface area contributed by atoms with Crippen LogP contribution in [0.5, 0.6) is 0 Å². The van der Waals surface area contributed by atoms with Gasteiger partial charge in [0.05, 0.1) is 5.75 Å². The standard InChI is InChI=1S/C16H27N3O3S/c1-12(2)19-23(21,22)11-10-17-15(20)18-14-9-7-6-8-13(14)16(3,4)5/h6-9,12,19H,10-11H2,1-5H3,(H2,17,18,20). The summed E-state index contributed by atoms with van der Waals surface area (Å²) in [7, 11) is -3.37. The Hall–Kier alpha value is -1.60. The number of nitrogens with one attached hydrogen (secondary N) is 3. The van der Waals surface area contributed by atoms with E-state index in [0.29, 0.717) is 0 Å². The molecule has 0 aliphatic rings. The first-order valence-electron chi connectivity index (χ1n) is 7.65. The first kappa shape index (κ1) is 19.4. The average Bonchev–Trinajstić information content (AvgIpc) is 2.36. The van der Waals surface area contributed by atoms with Crippen LogP contribution in [0.1, 0.15) is 40.2 Å². The van der Waals surface area contributed by atoms with Crippen molar-refractivity contribution in [1.29, 1.82) is 0 Å². The van der Waals surface area contributed by atoms with Crippen LogP contribution in [0.4, 0.5) is 10.5 Å². The number of carbonyl (C=O) groups excluding carboxylic acids is 1. The van der Waals surface area contributed by atoms with Crippen LogP contribution in [0, 0.1) is 0 Å². The number of anilines is 1. The first-order chi connectivity index (χ1) is 10.5. The number of rotatable bonds is 6. The normalized spacial score (nSPS) is 12.3. The molecule has 0 unspecified atom stereocenters. The van der Waals surface area contributed by atoms with E-state index in [1.165, 1.54) is 0 Å². The van der Waals surface area contributed by atoms with Gasteiger partial charge in [0.1, 0.15) is 0 Å². The van der Waals surface area contributed by atoms with Gasteiger partial charge in [-0.15, -0.1) is 0 Å². The molecule has 6 nitrogen and oxygen atoms in total. The molecule has 0 radical (unpaired) electrons. The second-order valence-electron chi connectivity index (χ2n) is 6.77. The molecule has 0 aliphatic carbocycles. The third kappa shape index (κ3) is 7.00. The van der Waals surface area contributed by atoms with Gasteiger partial charge in [0, 0.05) is 18.3 Å². The number of benzene rings is 1. The monoisotopic (exact) mass is 341 g/mol. The Bertz CT molecular complexity index is 634. The predicted octanol–water partition coefficient (Wildman–Crippen LogP) is 2.43. The number of carbonyl (C=O) groups is 1. The maximum atomic E-state index is 12.0. The lowest BCUT2D eigenvalue weighted by Crippen LogP contribution is -2.38. The largest absolute Gasteiger partial charge is 0.337 e. The highest BCUT2D eigenvalue weighted by atomic mass is 32.2. The molecule has 0 saturated carbocycles. The van der Waals surface area contributed by atoms with Crippen LogP contribution in [0.2, 0.25) is 0 Å². The zero-order valence-electron chi connectivity index (χ0n) is 14.4. The van der Waals surface area contributed by atoms with Gasteiger partial charge in [-0.2, -0.15) is 0 Å². The number of sulfonamides is 1. The summed E-state index contributed by atoms with van der Waals surface area (Å²) in [6.07, 6.45) is 0. The smallest absolute Gasteiger partial charge is 0.319 e. The molecule has 7 heteroatoms. The minimum absolute atomic E-state index is 0.0472. The van der Waals surface area contributed by atoms with Gasteiger partial charge in [0.15, 0.2) is 0 Å². The first-order valence-corrected chi connectivity index (χ1v) is 9.31. The predicted molar refractivity (Wildman–Crippen MR) is 94.2 cm³/mol. The molecule has 0 fully saturated rings. The number of urea groups is 1. The van der Waals surface area contributed by atoms with Crippen molar-refractivity contribution >= 4 is 21.7 Å². The molecular weight excluding hydrogens is 314 g/mol. The molecule has 1 aromatic rings. The fourth-order valence-electron chi connectivity index (χ4n) is 2.13. The summed E-state index contributed by atoms with van der Waals surface area (Å²) < 4.78 is 25.8. The molecule has 0 spiro atoms. The SMILES string of the molecule is CC(C)NS(=O)(=O)CCNC(=O)Nc1ccccc1C(C)(C)C. The van der Waals surface area contributed by atoms with Gasteiger partial charge in [-0.05, 0) is 30.9 Å². The molecule has 0 saturated heterocycles. The fourth-order valence-corrected chi connectivity index (χ4v) is 3.34. The molecule has 1 rings (SSSR count). The van der Waals surface area contributed by atoms with E-state index in [2.05, 4.69) is 36.1 Å². The molecule has 0 bridgehead atoms. The van der Waals surface area contributed by atoms with Crippen molar-refractivity contribution < 1.29 is 13.2 Å². The van der Waals surface area contributed by atoms with E-state index >= 15 is 0 Å². The summed E-state index contributed by atoms with van der Waals surface area (Å²) in [4.78, 5) is 12.0. The number of hydrogen-bond donors (Lipinski definition) is 3. The second-order valence-corrected chi connectivity index (χ2v) is 8.64. The summed E-state index contributed by atoms with van der Waals surface area (Å²) in [6.45, 7) is 9.74. The molecular formula is C16H27N3O3S. The molecule has 0 aliphatic heterocycles. The lowest BCUT2D eigenvalue weighted by Gasteiger charge is -2.23. The third-order valence-electron chi connectivity index (χ3n) is 3.05. The summed E-state index contributed by atoms with van der Waals surface area (Å²) in [6, 6.07) is 6.99. The van der Waals surface area contributed by atoms with Crippen molar-refractivity contribution in [2.24, 2.45) is 0 Å². The van der Waals surface area contributed by atoms with E-state index < -0.39 is 16.1 Å². The van der Waals surface area contributed by atoms with Gasteiger partial charge in [0.25, 0.3) is 0 Å². The quantitative estimate of drug-likeness (QED) is 0.742. The second kappa shape index (κ2) is 7.79.